The van der Waals surface area contributed by atoms with E-state index in [0.29, 0.717) is 5.92 Å². The molecule has 0 spiro atoms. The van der Waals surface area contributed by atoms with Crippen LogP contribution >= 0.6 is 0 Å². The van der Waals surface area contributed by atoms with Gasteiger partial charge in [-0.25, -0.2) is 4.39 Å². The molecule has 94 valence electrons. The van der Waals surface area contributed by atoms with Crippen molar-refractivity contribution in [2.45, 2.75) is 18.8 Å². The maximum atomic E-state index is 13.3. The van der Waals surface area contributed by atoms with Gasteiger partial charge >= 0.3 is 0 Å². The molecule has 1 saturated heterocycles. The van der Waals surface area contributed by atoms with E-state index in [1.54, 1.807) is 18.3 Å². The number of halogens is 1. The number of nitrogens with zero attached hydrogens (tertiary/aromatic N) is 1. The molecule has 0 radical (unpaired) electrons. The van der Waals surface area contributed by atoms with Crippen LogP contribution in [0.3, 0.4) is 0 Å². The van der Waals surface area contributed by atoms with E-state index in [1.807, 2.05) is 6.07 Å². The zero-order valence-electron chi connectivity index (χ0n) is 10.1. The van der Waals surface area contributed by atoms with Crippen molar-refractivity contribution in [3.05, 3.63) is 42.0 Å². The van der Waals surface area contributed by atoms with E-state index in [0.717, 1.165) is 42.8 Å². The molecule has 3 nitrogen and oxygen atoms in total. The molecular weight excluding hydrogens is 229 g/mol. The van der Waals surface area contributed by atoms with Crippen molar-refractivity contribution in [2.75, 3.05) is 13.1 Å². The molecule has 3 rings (SSSR count). The predicted octanol–water partition coefficient (Wildman–Crippen LogP) is 2.68. The highest BCUT2D eigenvalue weighted by molar-refractivity contribution is 5.65. The second-order valence-corrected chi connectivity index (χ2v) is 4.73. The summed E-state index contributed by atoms with van der Waals surface area (Å²) in [6.45, 7) is 2.07. The van der Waals surface area contributed by atoms with Crippen LogP contribution in [0.4, 0.5) is 4.39 Å². The quantitative estimate of drug-likeness (QED) is 0.854. The van der Waals surface area contributed by atoms with Crippen LogP contribution in [0.1, 0.15) is 24.5 Å². The number of hydrogen-bond acceptors (Lipinski definition) is 2. The molecule has 18 heavy (non-hydrogen) atoms. The van der Waals surface area contributed by atoms with Crippen LogP contribution in [0.15, 0.2) is 30.5 Å². The highest BCUT2D eigenvalue weighted by Gasteiger charge is 2.20. The van der Waals surface area contributed by atoms with Crippen LogP contribution in [0, 0.1) is 5.82 Å². The number of piperidine rings is 1. The third-order valence-electron chi connectivity index (χ3n) is 3.55. The summed E-state index contributed by atoms with van der Waals surface area (Å²) >= 11 is 0. The second-order valence-electron chi connectivity index (χ2n) is 4.73. The molecule has 1 aliphatic rings. The summed E-state index contributed by atoms with van der Waals surface area (Å²) in [5, 5.41) is 10.6. The van der Waals surface area contributed by atoms with Gasteiger partial charge in [0.25, 0.3) is 0 Å². The van der Waals surface area contributed by atoms with Gasteiger partial charge in [0.2, 0.25) is 0 Å². The molecule has 0 atom stereocenters. The van der Waals surface area contributed by atoms with Crippen molar-refractivity contribution >= 4 is 0 Å². The fraction of sp³-hybridized carbons (Fsp3) is 0.357. The van der Waals surface area contributed by atoms with Gasteiger partial charge in [-0.05, 0) is 43.6 Å². The van der Waals surface area contributed by atoms with Gasteiger partial charge in [0.1, 0.15) is 5.82 Å². The number of benzene rings is 1. The molecular formula is C14H16FN3. The van der Waals surface area contributed by atoms with Crippen LogP contribution in [0.25, 0.3) is 11.1 Å². The first kappa shape index (κ1) is 11.4. The maximum absolute atomic E-state index is 13.3. The lowest BCUT2D eigenvalue weighted by Crippen LogP contribution is -2.27. The van der Waals surface area contributed by atoms with Crippen LogP contribution in [-0.4, -0.2) is 23.3 Å². The van der Waals surface area contributed by atoms with Gasteiger partial charge in [-0.2, -0.15) is 5.10 Å². The average molecular weight is 245 g/mol. The molecule has 0 unspecified atom stereocenters. The number of H-pyrrole nitrogens is 1. The van der Waals surface area contributed by atoms with E-state index in [4.69, 9.17) is 0 Å². The molecule has 2 heterocycles. The predicted molar refractivity (Wildman–Crippen MR) is 68.8 cm³/mol. The zero-order valence-corrected chi connectivity index (χ0v) is 10.1. The van der Waals surface area contributed by atoms with Gasteiger partial charge in [0, 0.05) is 17.2 Å². The number of rotatable bonds is 2. The fourth-order valence-corrected chi connectivity index (χ4v) is 2.60. The molecule has 0 aliphatic carbocycles. The monoisotopic (exact) mass is 245 g/mol. The summed E-state index contributed by atoms with van der Waals surface area (Å²) in [5.74, 6) is 0.289. The van der Waals surface area contributed by atoms with Crippen LogP contribution < -0.4 is 5.32 Å². The van der Waals surface area contributed by atoms with Crippen molar-refractivity contribution in [3.63, 3.8) is 0 Å². The zero-order chi connectivity index (χ0) is 12.4. The number of nitrogens with one attached hydrogen (secondary N) is 2. The van der Waals surface area contributed by atoms with E-state index in [9.17, 15) is 4.39 Å². The minimum atomic E-state index is -0.204. The van der Waals surface area contributed by atoms with Gasteiger partial charge in [-0.15, -0.1) is 0 Å². The Labute approximate surface area is 105 Å². The summed E-state index contributed by atoms with van der Waals surface area (Å²) in [7, 11) is 0. The molecule has 4 heteroatoms. The number of hydrogen-bond donors (Lipinski definition) is 2. The van der Waals surface area contributed by atoms with Crippen molar-refractivity contribution in [1.82, 2.24) is 15.5 Å². The van der Waals surface area contributed by atoms with Crippen molar-refractivity contribution in [2.24, 2.45) is 0 Å². The largest absolute Gasteiger partial charge is 0.317 e. The maximum Gasteiger partial charge on any atom is 0.123 e. The Hall–Kier alpha value is -1.68. The lowest BCUT2D eigenvalue weighted by molar-refractivity contribution is 0.453. The van der Waals surface area contributed by atoms with Gasteiger partial charge in [-0.3, -0.25) is 5.10 Å². The topological polar surface area (TPSA) is 40.7 Å². The van der Waals surface area contributed by atoms with Crippen LogP contribution in [-0.2, 0) is 0 Å². The summed E-state index contributed by atoms with van der Waals surface area (Å²) in [6, 6.07) is 6.70. The molecule has 0 bridgehead atoms. The highest BCUT2D eigenvalue weighted by Crippen LogP contribution is 2.32. The Morgan fingerprint density at radius 3 is 2.83 bits per heavy atom. The second kappa shape index (κ2) is 4.90. The third-order valence-corrected chi connectivity index (χ3v) is 3.55. The fourth-order valence-electron chi connectivity index (χ4n) is 2.60. The van der Waals surface area contributed by atoms with Crippen molar-refractivity contribution in [3.8, 4) is 11.1 Å². The molecule has 1 fully saturated rings. The smallest absolute Gasteiger partial charge is 0.123 e. The Balaban J connectivity index is 1.95. The van der Waals surface area contributed by atoms with Crippen molar-refractivity contribution in [1.29, 1.82) is 0 Å². The molecule has 0 amide bonds. The van der Waals surface area contributed by atoms with Gasteiger partial charge in [0.15, 0.2) is 0 Å². The van der Waals surface area contributed by atoms with Gasteiger partial charge in [0.05, 0.1) is 6.20 Å². The van der Waals surface area contributed by atoms with Crippen LogP contribution in [0.5, 0.6) is 0 Å². The first-order valence-corrected chi connectivity index (χ1v) is 6.34. The van der Waals surface area contributed by atoms with Crippen LogP contribution in [0.2, 0.25) is 0 Å². The Morgan fingerprint density at radius 1 is 1.22 bits per heavy atom. The SMILES string of the molecule is Fc1cccc(-c2cn[nH]c2C2CCNCC2)c1. The van der Waals surface area contributed by atoms with E-state index in [-0.39, 0.29) is 5.82 Å². The van der Waals surface area contributed by atoms with E-state index in [1.165, 1.54) is 6.07 Å². The Bertz CT molecular complexity index is 529. The van der Waals surface area contributed by atoms with Gasteiger partial charge < -0.3 is 5.32 Å². The molecule has 0 saturated carbocycles. The first-order valence-electron chi connectivity index (χ1n) is 6.34. The summed E-state index contributed by atoms with van der Waals surface area (Å²) in [5.41, 5.74) is 3.07. The van der Waals surface area contributed by atoms with Gasteiger partial charge in [-0.1, -0.05) is 12.1 Å². The standard InChI is InChI=1S/C14H16FN3/c15-12-3-1-2-11(8-12)13-9-17-18-14(13)10-4-6-16-7-5-10/h1-3,8-10,16H,4-7H2,(H,17,18). The molecule has 1 aromatic heterocycles. The normalized spacial score (nSPS) is 16.9. The Morgan fingerprint density at radius 2 is 2.06 bits per heavy atom. The number of aromatic nitrogens is 2. The van der Waals surface area contributed by atoms with E-state index >= 15 is 0 Å². The third kappa shape index (κ3) is 2.16. The summed E-state index contributed by atoms with van der Waals surface area (Å²) < 4.78 is 13.3. The summed E-state index contributed by atoms with van der Waals surface area (Å²) in [4.78, 5) is 0. The minimum Gasteiger partial charge on any atom is -0.317 e. The van der Waals surface area contributed by atoms with E-state index in [2.05, 4.69) is 15.5 Å². The van der Waals surface area contributed by atoms with Crippen molar-refractivity contribution < 1.29 is 4.39 Å². The molecule has 2 aromatic rings. The summed E-state index contributed by atoms with van der Waals surface area (Å²) in [6.07, 6.45) is 4.00. The molecule has 1 aromatic carbocycles. The van der Waals surface area contributed by atoms with E-state index < -0.39 is 0 Å². The highest BCUT2D eigenvalue weighted by atomic mass is 19.1. The lowest BCUT2D eigenvalue weighted by atomic mass is 9.90. The lowest BCUT2D eigenvalue weighted by Gasteiger charge is -2.22. The molecule has 2 N–H and O–H groups in total. The first-order chi connectivity index (χ1) is 8.84. The number of aromatic amines is 1. The minimum absolute atomic E-state index is 0.204. The Kier molecular flexibility index (Phi) is 3.11. The average Bonchev–Trinajstić information content (AvgIpc) is 2.89. The molecule has 1 aliphatic heterocycles.